The van der Waals surface area contributed by atoms with Gasteiger partial charge in [0.2, 0.25) is 0 Å². The van der Waals surface area contributed by atoms with E-state index in [1.165, 1.54) is 17.8 Å². The first-order valence-electron chi connectivity index (χ1n) is 5.89. The van der Waals surface area contributed by atoms with Crippen LogP contribution >= 0.6 is 23.6 Å². The van der Waals surface area contributed by atoms with E-state index < -0.39 is 0 Å². The van der Waals surface area contributed by atoms with Gasteiger partial charge in [-0.25, -0.2) is 0 Å². The van der Waals surface area contributed by atoms with Gasteiger partial charge in [-0.1, -0.05) is 6.92 Å². The van der Waals surface area contributed by atoms with Gasteiger partial charge in [-0.2, -0.15) is 0 Å². The average Bonchev–Trinajstić information content (AvgIpc) is 2.87. The summed E-state index contributed by atoms with van der Waals surface area (Å²) in [5.74, 6) is 0.694. The molecule has 2 atom stereocenters. The summed E-state index contributed by atoms with van der Waals surface area (Å²) in [6, 6.07) is 2.16. The van der Waals surface area contributed by atoms with Crippen molar-refractivity contribution in [2.45, 2.75) is 32.2 Å². The lowest BCUT2D eigenvalue weighted by molar-refractivity contribution is 0.473. The average molecular weight is 266 g/mol. The fourth-order valence-corrected chi connectivity index (χ4v) is 3.87. The standard InChI is InChI=1S/C12H14N2OS2/c1-7-2-3-8(6-7)14-11(15)9-4-5-17-10(9)13-12(14)16/h4-5,7-8H,2-3,6H2,1H3,(H,13,16). The van der Waals surface area contributed by atoms with Crippen molar-refractivity contribution in [2.75, 3.05) is 0 Å². The second-order valence-corrected chi connectivity index (χ2v) is 6.14. The number of nitrogens with one attached hydrogen (secondary N) is 1. The van der Waals surface area contributed by atoms with E-state index in [0.29, 0.717) is 10.7 Å². The third-order valence-electron chi connectivity index (χ3n) is 3.59. The highest BCUT2D eigenvalue weighted by atomic mass is 32.1. The first kappa shape index (κ1) is 11.2. The molecule has 0 aromatic carbocycles. The van der Waals surface area contributed by atoms with Crippen LogP contribution in [0.25, 0.3) is 10.2 Å². The Bertz CT molecular complexity index is 667. The summed E-state index contributed by atoms with van der Waals surface area (Å²) in [6.07, 6.45) is 3.31. The Morgan fingerprint density at radius 3 is 3.06 bits per heavy atom. The van der Waals surface area contributed by atoms with Crippen LogP contribution in [0.4, 0.5) is 0 Å². The zero-order valence-corrected chi connectivity index (χ0v) is 11.2. The molecule has 3 nitrogen and oxygen atoms in total. The maximum atomic E-state index is 12.4. The van der Waals surface area contributed by atoms with Gasteiger partial charge >= 0.3 is 0 Å². The van der Waals surface area contributed by atoms with E-state index in [1.54, 1.807) is 4.57 Å². The van der Waals surface area contributed by atoms with Gasteiger partial charge in [0.25, 0.3) is 5.56 Å². The molecule has 0 aliphatic heterocycles. The Labute approximate surface area is 108 Å². The van der Waals surface area contributed by atoms with Crippen molar-refractivity contribution in [3.63, 3.8) is 0 Å². The van der Waals surface area contributed by atoms with Crippen LogP contribution in [0, 0.1) is 10.7 Å². The van der Waals surface area contributed by atoms with Crippen LogP contribution in [-0.2, 0) is 0 Å². The smallest absolute Gasteiger partial charge is 0.263 e. The normalized spacial score (nSPS) is 24.5. The van der Waals surface area contributed by atoms with Crippen LogP contribution < -0.4 is 5.56 Å². The fourth-order valence-electron chi connectivity index (χ4n) is 2.70. The van der Waals surface area contributed by atoms with Gasteiger partial charge in [0.05, 0.1) is 5.39 Å². The van der Waals surface area contributed by atoms with E-state index in [1.807, 2.05) is 11.4 Å². The molecule has 2 aromatic heterocycles. The summed E-state index contributed by atoms with van der Waals surface area (Å²) in [5.41, 5.74) is 0.0732. The third kappa shape index (κ3) is 1.77. The molecule has 2 heterocycles. The second-order valence-electron chi connectivity index (χ2n) is 4.84. The third-order valence-corrected chi connectivity index (χ3v) is 4.71. The summed E-state index contributed by atoms with van der Waals surface area (Å²) in [5, 5.41) is 2.70. The Hall–Kier alpha value is -0.940. The van der Waals surface area contributed by atoms with E-state index in [9.17, 15) is 4.79 Å². The minimum atomic E-state index is 0.0732. The number of rotatable bonds is 1. The Morgan fingerprint density at radius 1 is 1.53 bits per heavy atom. The molecule has 17 heavy (non-hydrogen) atoms. The Morgan fingerprint density at radius 2 is 2.35 bits per heavy atom. The topological polar surface area (TPSA) is 37.8 Å². The van der Waals surface area contributed by atoms with Crippen LogP contribution in [0.2, 0.25) is 0 Å². The Balaban J connectivity index is 2.22. The number of hydrogen-bond acceptors (Lipinski definition) is 3. The number of fused-ring (bicyclic) bond motifs is 1. The molecule has 0 saturated heterocycles. The van der Waals surface area contributed by atoms with E-state index in [2.05, 4.69) is 11.9 Å². The highest BCUT2D eigenvalue weighted by Crippen LogP contribution is 2.33. The molecule has 2 unspecified atom stereocenters. The predicted octanol–water partition coefficient (Wildman–Crippen LogP) is 3.48. The van der Waals surface area contributed by atoms with Crippen LogP contribution in [-0.4, -0.2) is 9.55 Å². The van der Waals surface area contributed by atoms with Crippen molar-refractivity contribution >= 4 is 33.8 Å². The molecule has 0 amide bonds. The summed E-state index contributed by atoms with van der Waals surface area (Å²) in [4.78, 5) is 16.4. The number of hydrogen-bond donors (Lipinski definition) is 1. The molecular formula is C12H14N2OS2. The van der Waals surface area contributed by atoms with Crippen LogP contribution in [0.5, 0.6) is 0 Å². The lowest BCUT2D eigenvalue weighted by Crippen LogP contribution is -2.24. The van der Waals surface area contributed by atoms with E-state index in [4.69, 9.17) is 12.2 Å². The van der Waals surface area contributed by atoms with E-state index in [0.717, 1.165) is 23.1 Å². The summed E-state index contributed by atoms with van der Waals surface area (Å²) >= 11 is 6.85. The number of aromatic nitrogens is 2. The molecule has 2 aromatic rings. The van der Waals surface area contributed by atoms with Crippen LogP contribution in [0.1, 0.15) is 32.2 Å². The summed E-state index contributed by atoms with van der Waals surface area (Å²) in [7, 11) is 0. The first-order chi connectivity index (χ1) is 8.16. The summed E-state index contributed by atoms with van der Waals surface area (Å²) in [6.45, 7) is 2.24. The highest BCUT2D eigenvalue weighted by molar-refractivity contribution is 7.71. The molecule has 90 valence electrons. The molecular weight excluding hydrogens is 252 g/mol. The van der Waals surface area contributed by atoms with Gasteiger partial charge in [0.1, 0.15) is 4.83 Å². The fraction of sp³-hybridized carbons (Fsp3) is 0.500. The maximum Gasteiger partial charge on any atom is 0.263 e. The van der Waals surface area contributed by atoms with Crippen molar-refractivity contribution in [1.29, 1.82) is 0 Å². The summed E-state index contributed by atoms with van der Waals surface area (Å²) < 4.78 is 2.36. The quantitative estimate of drug-likeness (QED) is 0.802. The molecule has 1 aliphatic carbocycles. The first-order valence-corrected chi connectivity index (χ1v) is 7.17. The van der Waals surface area contributed by atoms with Gasteiger partial charge in [0, 0.05) is 6.04 Å². The molecule has 3 rings (SSSR count). The zero-order chi connectivity index (χ0) is 12.0. The van der Waals surface area contributed by atoms with Gasteiger partial charge < -0.3 is 4.98 Å². The van der Waals surface area contributed by atoms with Gasteiger partial charge in [-0.15, -0.1) is 11.3 Å². The van der Waals surface area contributed by atoms with Gasteiger partial charge in [-0.05, 0) is 48.8 Å². The van der Waals surface area contributed by atoms with Crippen molar-refractivity contribution in [3.05, 3.63) is 26.6 Å². The number of nitrogens with zero attached hydrogens (tertiary/aromatic N) is 1. The predicted molar refractivity (Wildman–Crippen MR) is 73.3 cm³/mol. The van der Waals surface area contributed by atoms with E-state index >= 15 is 0 Å². The number of thiophene rings is 1. The molecule has 0 spiro atoms. The molecule has 1 aliphatic rings. The largest absolute Gasteiger partial charge is 0.323 e. The lowest BCUT2D eigenvalue weighted by Gasteiger charge is -2.13. The van der Waals surface area contributed by atoms with Crippen LogP contribution in [0.15, 0.2) is 16.2 Å². The number of H-pyrrole nitrogens is 1. The minimum absolute atomic E-state index is 0.0732. The van der Waals surface area contributed by atoms with Gasteiger partial charge in [-0.3, -0.25) is 9.36 Å². The maximum absolute atomic E-state index is 12.4. The molecule has 0 bridgehead atoms. The highest BCUT2D eigenvalue weighted by Gasteiger charge is 2.25. The van der Waals surface area contributed by atoms with Crippen LogP contribution in [0.3, 0.4) is 0 Å². The second kappa shape index (κ2) is 4.07. The molecule has 1 saturated carbocycles. The van der Waals surface area contributed by atoms with Crippen molar-refractivity contribution in [2.24, 2.45) is 5.92 Å². The van der Waals surface area contributed by atoms with Crippen molar-refractivity contribution in [1.82, 2.24) is 9.55 Å². The van der Waals surface area contributed by atoms with E-state index in [-0.39, 0.29) is 11.6 Å². The SMILES string of the molecule is CC1CCC(n2c(=S)[nH]c3sccc3c2=O)C1. The number of aromatic amines is 1. The Kier molecular flexibility index (Phi) is 2.67. The minimum Gasteiger partial charge on any atom is -0.323 e. The lowest BCUT2D eigenvalue weighted by atomic mass is 10.1. The monoisotopic (exact) mass is 266 g/mol. The van der Waals surface area contributed by atoms with Crippen molar-refractivity contribution in [3.8, 4) is 0 Å². The van der Waals surface area contributed by atoms with Gasteiger partial charge in [0.15, 0.2) is 4.77 Å². The van der Waals surface area contributed by atoms with Crippen molar-refractivity contribution < 1.29 is 0 Å². The molecule has 1 fully saturated rings. The molecule has 1 N–H and O–H groups in total. The zero-order valence-electron chi connectivity index (χ0n) is 9.60. The molecule has 0 radical (unpaired) electrons. The molecule has 5 heteroatoms.